The molecule has 160 valence electrons. The number of hydrogen-bond donors (Lipinski definition) is 2. The maximum absolute atomic E-state index is 14.8. The van der Waals surface area contributed by atoms with E-state index in [9.17, 15) is 18.4 Å². The summed E-state index contributed by atoms with van der Waals surface area (Å²) >= 11 is 0. The van der Waals surface area contributed by atoms with Crippen LogP contribution in [0.1, 0.15) is 22.8 Å². The highest BCUT2D eigenvalue weighted by Gasteiger charge is 2.16. The molecule has 3 aromatic carbocycles. The second kappa shape index (κ2) is 8.43. The molecule has 0 saturated heterocycles. The fraction of sp³-hybridized carbons (Fsp3) is 0.0417. The second-order valence-electron chi connectivity index (χ2n) is 7.16. The largest absolute Gasteiger partial charge is 0.399 e. The average molecular weight is 432 g/mol. The number of carbonyl (C=O) groups excluding carboxylic acids is 1. The van der Waals surface area contributed by atoms with E-state index in [1.165, 1.54) is 49.7 Å². The summed E-state index contributed by atoms with van der Waals surface area (Å²) in [5.74, 6) is -1.51. The van der Waals surface area contributed by atoms with Gasteiger partial charge >= 0.3 is 0 Å². The van der Waals surface area contributed by atoms with Gasteiger partial charge in [-0.15, -0.1) is 0 Å². The lowest BCUT2D eigenvalue weighted by Gasteiger charge is -2.14. The smallest absolute Gasteiger partial charge is 0.200 e. The van der Waals surface area contributed by atoms with Gasteiger partial charge in [0.05, 0.1) is 23.0 Å². The van der Waals surface area contributed by atoms with Crippen LogP contribution in [0, 0.1) is 11.6 Å². The van der Waals surface area contributed by atoms with E-state index in [4.69, 9.17) is 5.73 Å². The molecule has 0 unspecified atom stereocenters. The average Bonchev–Trinajstić information content (AvgIpc) is 2.77. The number of nitrogen functional groups attached to an aromatic ring is 1. The molecule has 0 radical (unpaired) electrons. The number of hydrazone groups is 1. The fourth-order valence-corrected chi connectivity index (χ4v) is 3.26. The van der Waals surface area contributed by atoms with E-state index in [1.807, 2.05) is 0 Å². The van der Waals surface area contributed by atoms with Crippen LogP contribution in [0.15, 0.2) is 76.8 Å². The van der Waals surface area contributed by atoms with Gasteiger partial charge in [0.25, 0.3) is 0 Å². The number of anilines is 2. The first-order chi connectivity index (χ1) is 15.3. The molecule has 6 nitrogen and oxygen atoms in total. The van der Waals surface area contributed by atoms with Gasteiger partial charge < -0.3 is 10.3 Å². The molecule has 0 fully saturated rings. The maximum atomic E-state index is 14.8. The molecular formula is C24H18F2N4O2. The van der Waals surface area contributed by atoms with Crippen molar-refractivity contribution in [1.82, 2.24) is 4.57 Å². The van der Waals surface area contributed by atoms with Crippen molar-refractivity contribution in [2.75, 3.05) is 11.2 Å². The van der Waals surface area contributed by atoms with Crippen LogP contribution in [0.5, 0.6) is 0 Å². The number of aromatic nitrogens is 1. The Labute approximate surface area is 181 Å². The van der Waals surface area contributed by atoms with Crippen molar-refractivity contribution in [2.45, 2.75) is 6.92 Å². The molecule has 0 atom stereocenters. The van der Waals surface area contributed by atoms with Crippen molar-refractivity contribution >= 4 is 34.3 Å². The van der Waals surface area contributed by atoms with Crippen LogP contribution in [0.4, 0.5) is 20.2 Å². The Kier molecular flexibility index (Phi) is 5.51. The van der Waals surface area contributed by atoms with Crippen molar-refractivity contribution in [3.05, 3.63) is 99.8 Å². The summed E-state index contributed by atoms with van der Waals surface area (Å²) in [4.78, 5) is 24.8. The van der Waals surface area contributed by atoms with Gasteiger partial charge in [0.1, 0.15) is 11.6 Å². The Morgan fingerprint density at radius 1 is 1.06 bits per heavy atom. The zero-order valence-corrected chi connectivity index (χ0v) is 17.0. The number of nitrogens with two attached hydrogens (primary N) is 1. The molecule has 4 rings (SSSR count). The fourth-order valence-electron chi connectivity index (χ4n) is 3.26. The van der Waals surface area contributed by atoms with Crippen LogP contribution in [0.2, 0.25) is 0 Å². The van der Waals surface area contributed by atoms with E-state index < -0.39 is 17.0 Å². The summed E-state index contributed by atoms with van der Waals surface area (Å²) < 4.78 is 29.4. The van der Waals surface area contributed by atoms with Crippen molar-refractivity contribution in [3.8, 4) is 5.69 Å². The van der Waals surface area contributed by atoms with Gasteiger partial charge in [-0.1, -0.05) is 12.1 Å². The monoisotopic (exact) mass is 432 g/mol. The van der Waals surface area contributed by atoms with Crippen LogP contribution in [0.3, 0.4) is 0 Å². The first kappa shape index (κ1) is 20.9. The van der Waals surface area contributed by atoms with Crippen molar-refractivity contribution in [1.29, 1.82) is 0 Å². The van der Waals surface area contributed by atoms with Crippen molar-refractivity contribution in [2.24, 2.45) is 5.10 Å². The Morgan fingerprint density at radius 2 is 1.75 bits per heavy atom. The number of carbonyl (C=O) groups is 1. The summed E-state index contributed by atoms with van der Waals surface area (Å²) in [7, 11) is 0. The van der Waals surface area contributed by atoms with E-state index in [0.29, 0.717) is 22.5 Å². The quantitative estimate of drug-likeness (QED) is 0.210. The summed E-state index contributed by atoms with van der Waals surface area (Å²) in [6.07, 6.45) is 2.84. The van der Waals surface area contributed by atoms with Gasteiger partial charge in [0.15, 0.2) is 11.2 Å². The Bertz CT molecular complexity index is 1410. The molecule has 0 aliphatic heterocycles. The third-order valence-corrected chi connectivity index (χ3v) is 4.91. The molecule has 0 aliphatic carbocycles. The van der Waals surface area contributed by atoms with Gasteiger partial charge in [-0.2, -0.15) is 5.10 Å². The van der Waals surface area contributed by atoms with Gasteiger partial charge in [-0.05, 0) is 61.0 Å². The minimum Gasteiger partial charge on any atom is -0.399 e. The Morgan fingerprint density at radius 3 is 2.41 bits per heavy atom. The third-order valence-electron chi connectivity index (χ3n) is 4.91. The lowest BCUT2D eigenvalue weighted by Crippen LogP contribution is -2.17. The molecule has 0 bridgehead atoms. The molecular weight excluding hydrogens is 414 g/mol. The molecule has 0 spiro atoms. The molecule has 3 N–H and O–H groups in total. The summed E-state index contributed by atoms with van der Waals surface area (Å²) in [6.45, 7) is 1.28. The standard InChI is InChI=1S/C24H18F2N4O2/c1-14(31)20-13-30(18-8-6-17(27)7-9-18)23-11-22(21(26)10-19(23)24(20)32)29-28-12-15-2-4-16(25)5-3-15/h2-13,29H,27H2,1H3/b28-12+. The number of fused-ring (bicyclic) bond motifs is 1. The van der Waals surface area contributed by atoms with E-state index in [2.05, 4.69) is 10.5 Å². The molecule has 4 aromatic rings. The summed E-state index contributed by atoms with van der Waals surface area (Å²) in [5, 5.41) is 4.05. The Hall–Kier alpha value is -4.33. The Balaban J connectivity index is 1.83. The number of benzene rings is 3. The minimum atomic E-state index is -0.713. The van der Waals surface area contributed by atoms with Crippen molar-refractivity contribution in [3.63, 3.8) is 0 Å². The molecule has 32 heavy (non-hydrogen) atoms. The SMILES string of the molecule is CC(=O)c1cn(-c2ccc(N)cc2)c2cc(N/N=C/c3ccc(F)cc3)c(F)cc2c1=O. The predicted octanol–water partition coefficient (Wildman–Crippen LogP) is 4.50. The molecule has 1 heterocycles. The summed E-state index contributed by atoms with van der Waals surface area (Å²) in [5.41, 5.74) is 9.98. The van der Waals surface area contributed by atoms with Crippen LogP contribution in [-0.4, -0.2) is 16.6 Å². The summed E-state index contributed by atoms with van der Waals surface area (Å²) in [6, 6.07) is 15.0. The van der Waals surface area contributed by atoms with Crippen molar-refractivity contribution < 1.29 is 13.6 Å². The van der Waals surface area contributed by atoms with E-state index in [0.717, 1.165) is 6.07 Å². The molecule has 0 amide bonds. The number of nitrogens with zero attached hydrogens (tertiary/aromatic N) is 2. The maximum Gasteiger partial charge on any atom is 0.200 e. The number of Topliss-reactive ketones (excluding diaryl/α,β-unsaturated/α-hetero) is 1. The van der Waals surface area contributed by atoms with E-state index in [-0.39, 0.29) is 22.5 Å². The number of ketones is 1. The van der Waals surface area contributed by atoms with Gasteiger partial charge in [-0.3, -0.25) is 15.0 Å². The topological polar surface area (TPSA) is 89.5 Å². The van der Waals surface area contributed by atoms with E-state index >= 15 is 0 Å². The number of nitrogens with one attached hydrogen (secondary N) is 1. The minimum absolute atomic E-state index is 0.0232. The van der Waals surface area contributed by atoms with Gasteiger partial charge in [0.2, 0.25) is 0 Å². The highest BCUT2D eigenvalue weighted by atomic mass is 19.1. The van der Waals surface area contributed by atoms with Crippen LogP contribution in [0.25, 0.3) is 16.6 Å². The van der Waals surface area contributed by atoms with E-state index in [1.54, 1.807) is 28.8 Å². The zero-order valence-electron chi connectivity index (χ0n) is 17.0. The molecule has 0 saturated carbocycles. The van der Waals surface area contributed by atoms with Gasteiger partial charge in [-0.25, -0.2) is 8.78 Å². The normalized spacial score (nSPS) is 11.2. The predicted molar refractivity (Wildman–Crippen MR) is 122 cm³/mol. The van der Waals surface area contributed by atoms with Crippen LogP contribution < -0.4 is 16.6 Å². The van der Waals surface area contributed by atoms with Crippen LogP contribution in [-0.2, 0) is 0 Å². The first-order valence-electron chi connectivity index (χ1n) is 9.64. The highest BCUT2D eigenvalue weighted by molar-refractivity contribution is 5.98. The number of hydrogen-bond acceptors (Lipinski definition) is 5. The molecule has 1 aromatic heterocycles. The lowest BCUT2D eigenvalue weighted by atomic mass is 10.1. The second-order valence-corrected chi connectivity index (χ2v) is 7.16. The lowest BCUT2D eigenvalue weighted by molar-refractivity contribution is 0.101. The number of halogens is 2. The van der Waals surface area contributed by atoms with Crippen LogP contribution >= 0.6 is 0 Å². The highest BCUT2D eigenvalue weighted by Crippen LogP contribution is 2.25. The first-order valence-corrected chi connectivity index (χ1v) is 9.64. The number of pyridine rings is 1. The third kappa shape index (κ3) is 4.11. The number of rotatable bonds is 5. The zero-order chi connectivity index (χ0) is 22.8. The molecule has 8 heteroatoms. The van der Waals surface area contributed by atoms with Gasteiger partial charge in [0, 0.05) is 23.0 Å². The molecule has 0 aliphatic rings.